The van der Waals surface area contributed by atoms with E-state index in [9.17, 15) is 9.59 Å². The summed E-state index contributed by atoms with van der Waals surface area (Å²) in [6, 6.07) is 7.29. The zero-order chi connectivity index (χ0) is 18.4. The maximum absolute atomic E-state index is 12.1. The zero-order valence-electron chi connectivity index (χ0n) is 14.0. The van der Waals surface area contributed by atoms with Crippen LogP contribution in [0.15, 0.2) is 24.4 Å². The molecule has 8 heteroatoms. The molecule has 2 heterocycles. The number of urea groups is 1. The first-order chi connectivity index (χ1) is 12.5. The Hall–Kier alpha value is -2.85. The topological polar surface area (TPSA) is 98.1 Å². The Morgan fingerprint density at radius 2 is 2.27 bits per heavy atom. The van der Waals surface area contributed by atoms with Crippen molar-refractivity contribution in [1.29, 1.82) is 5.26 Å². The molecule has 1 aliphatic heterocycles. The Bertz CT molecular complexity index is 970. The lowest BCUT2D eigenvalue weighted by molar-refractivity contribution is -0.117. The third-order valence-electron chi connectivity index (χ3n) is 4.80. The van der Waals surface area contributed by atoms with Crippen LogP contribution in [0.3, 0.4) is 0 Å². The van der Waals surface area contributed by atoms with Gasteiger partial charge in [0.1, 0.15) is 5.82 Å². The predicted molar refractivity (Wildman–Crippen MR) is 97.9 cm³/mol. The molecule has 1 saturated heterocycles. The molecule has 3 atom stereocenters. The molecule has 0 bridgehead atoms. The number of pyridine rings is 1. The maximum Gasteiger partial charge on any atom is 0.322 e. The van der Waals surface area contributed by atoms with Crippen molar-refractivity contribution in [2.45, 2.75) is 19.4 Å². The van der Waals surface area contributed by atoms with Crippen molar-refractivity contribution >= 4 is 45.8 Å². The average Bonchev–Trinajstić information content (AvgIpc) is 3.33. The predicted octanol–water partition coefficient (Wildman–Crippen LogP) is 2.90. The van der Waals surface area contributed by atoms with Gasteiger partial charge in [0, 0.05) is 23.8 Å². The molecule has 0 spiro atoms. The van der Waals surface area contributed by atoms with Gasteiger partial charge in [0.2, 0.25) is 5.91 Å². The number of benzene rings is 1. The Morgan fingerprint density at radius 3 is 2.92 bits per heavy atom. The molecule has 0 unspecified atom stereocenters. The summed E-state index contributed by atoms with van der Waals surface area (Å²) in [7, 11) is 0. The summed E-state index contributed by atoms with van der Waals surface area (Å²) in [5.74, 6) is -0.260. The number of nitriles is 1. The Morgan fingerprint density at radius 1 is 1.46 bits per heavy atom. The van der Waals surface area contributed by atoms with Crippen LogP contribution in [0, 0.1) is 23.2 Å². The number of nitrogens with one attached hydrogen (secondary N) is 2. The van der Waals surface area contributed by atoms with Crippen molar-refractivity contribution in [3.63, 3.8) is 0 Å². The SMILES string of the molecule is C[C@H]1CNC(=O)N1c1cc(Cl)c2cnc(NC(=O)[C@H]3C[C@@H]3C#N)cc2c1. The van der Waals surface area contributed by atoms with Gasteiger partial charge in [-0.05, 0) is 36.9 Å². The molecule has 0 radical (unpaired) electrons. The summed E-state index contributed by atoms with van der Waals surface area (Å²) < 4.78 is 0. The van der Waals surface area contributed by atoms with Gasteiger partial charge in [-0.25, -0.2) is 9.78 Å². The third kappa shape index (κ3) is 2.82. The van der Waals surface area contributed by atoms with Gasteiger partial charge in [0.05, 0.1) is 29.0 Å². The molecule has 2 N–H and O–H groups in total. The number of anilines is 2. The molecule has 7 nitrogen and oxygen atoms in total. The monoisotopic (exact) mass is 369 g/mol. The largest absolute Gasteiger partial charge is 0.336 e. The number of hydrogen-bond donors (Lipinski definition) is 2. The summed E-state index contributed by atoms with van der Waals surface area (Å²) in [5.41, 5.74) is 0.695. The molecular formula is C18H16ClN5O2. The molecular weight excluding hydrogens is 354 g/mol. The lowest BCUT2D eigenvalue weighted by atomic mass is 10.1. The number of fused-ring (bicyclic) bond motifs is 1. The van der Waals surface area contributed by atoms with Gasteiger partial charge in [-0.15, -0.1) is 0 Å². The first kappa shape index (κ1) is 16.6. The van der Waals surface area contributed by atoms with Crippen molar-refractivity contribution in [2.24, 2.45) is 11.8 Å². The molecule has 2 fully saturated rings. The second-order valence-corrected chi connectivity index (χ2v) is 7.10. The van der Waals surface area contributed by atoms with Crippen molar-refractivity contribution in [2.75, 3.05) is 16.8 Å². The molecule has 2 aromatic rings. The van der Waals surface area contributed by atoms with Crippen LogP contribution in [0.5, 0.6) is 0 Å². The second kappa shape index (κ2) is 6.15. The first-order valence-corrected chi connectivity index (χ1v) is 8.72. The smallest absolute Gasteiger partial charge is 0.322 e. The molecule has 1 aromatic carbocycles. The van der Waals surface area contributed by atoms with Crippen LogP contribution in [0.1, 0.15) is 13.3 Å². The van der Waals surface area contributed by atoms with Gasteiger partial charge in [0.25, 0.3) is 0 Å². The number of hydrogen-bond acceptors (Lipinski definition) is 4. The molecule has 26 heavy (non-hydrogen) atoms. The minimum Gasteiger partial charge on any atom is -0.336 e. The summed E-state index contributed by atoms with van der Waals surface area (Å²) >= 11 is 6.37. The van der Waals surface area contributed by atoms with Crippen molar-refractivity contribution < 1.29 is 9.59 Å². The summed E-state index contributed by atoms with van der Waals surface area (Å²) in [4.78, 5) is 30.1. The van der Waals surface area contributed by atoms with E-state index in [-0.39, 0.29) is 29.8 Å². The fourth-order valence-electron chi connectivity index (χ4n) is 3.24. The fourth-order valence-corrected chi connectivity index (χ4v) is 3.51. The van der Waals surface area contributed by atoms with Gasteiger partial charge < -0.3 is 10.6 Å². The zero-order valence-corrected chi connectivity index (χ0v) is 14.7. The number of aromatic nitrogens is 1. The van der Waals surface area contributed by atoms with E-state index in [0.717, 1.165) is 10.8 Å². The van der Waals surface area contributed by atoms with Crippen molar-refractivity contribution in [3.8, 4) is 6.07 Å². The number of amides is 3. The molecule has 4 rings (SSSR count). The number of carbonyl (C=O) groups is 2. The highest BCUT2D eigenvalue weighted by Crippen LogP contribution is 2.38. The van der Waals surface area contributed by atoms with E-state index >= 15 is 0 Å². The van der Waals surface area contributed by atoms with Crippen LogP contribution in [0.2, 0.25) is 5.02 Å². The standard InChI is InChI=1S/C18H16ClN5O2/c1-9-7-22-18(26)24(9)12-2-10-4-16(21-8-14(10)15(19)5-12)23-17(25)13-3-11(13)6-20/h2,4-5,8-9,11,13H,3,7H2,1H3,(H,22,26)(H,21,23,25)/t9-,11+,13-/m0/s1. The molecule has 132 valence electrons. The van der Waals surface area contributed by atoms with E-state index in [0.29, 0.717) is 29.5 Å². The normalized spacial score (nSPS) is 24.3. The van der Waals surface area contributed by atoms with E-state index in [2.05, 4.69) is 21.7 Å². The lowest BCUT2D eigenvalue weighted by Crippen LogP contribution is -2.32. The van der Waals surface area contributed by atoms with Crippen LogP contribution in [-0.2, 0) is 4.79 Å². The highest BCUT2D eigenvalue weighted by Gasteiger charge is 2.43. The average molecular weight is 370 g/mol. The lowest BCUT2D eigenvalue weighted by Gasteiger charge is -2.21. The minimum absolute atomic E-state index is 0.0230. The van der Waals surface area contributed by atoms with E-state index in [4.69, 9.17) is 16.9 Å². The Kier molecular flexibility index (Phi) is 3.93. The van der Waals surface area contributed by atoms with E-state index in [1.54, 1.807) is 23.2 Å². The number of carbonyl (C=O) groups excluding carboxylic acids is 2. The Labute approximate surface area is 154 Å². The highest BCUT2D eigenvalue weighted by atomic mass is 35.5. The molecule has 2 aliphatic rings. The fraction of sp³-hybridized carbons (Fsp3) is 0.333. The van der Waals surface area contributed by atoms with E-state index in [1.165, 1.54) is 0 Å². The van der Waals surface area contributed by atoms with Gasteiger partial charge in [-0.1, -0.05) is 11.6 Å². The maximum atomic E-state index is 12.1. The van der Waals surface area contributed by atoms with Crippen LogP contribution in [-0.4, -0.2) is 29.5 Å². The van der Waals surface area contributed by atoms with E-state index < -0.39 is 0 Å². The Balaban J connectivity index is 1.65. The van der Waals surface area contributed by atoms with Gasteiger partial charge in [-0.2, -0.15) is 5.26 Å². The van der Waals surface area contributed by atoms with Crippen molar-refractivity contribution in [3.05, 3.63) is 29.4 Å². The highest BCUT2D eigenvalue weighted by molar-refractivity contribution is 6.36. The van der Waals surface area contributed by atoms with Crippen LogP contribution < -0.4 is 15.5 Å². The minimum atomic E-state index is -0.262. The number of halogens is 1. The van der Waals surface area contributed by atoms with Crippen LogP contribution >= 0.6 is 11.6 Å². The van der Waals surface area contributed by atoms with Crippen LogP contribution in [0.25, 0.3) is 10.8 Å². The third-order valence-corrected chi connectivity index (χ3v) is 5.11. The summed E-state index contributed by atoms with van der Waals surface area (Å²) in [6.45, 7) is 2.53. The van der Waals surface area contributed by atoms with E-state index in [1.807, 2.05) is 13.0 Å². The quantitative estimate of drug-likeness (QED) is 0.869. The molecule has 3 amide bonds. The number of nitrogens with zero attached hydrogens (tertiary/aromatic N) is 3. The van der Waals surface area contributed by atoms with Gasteiger partial charge in [0.15, 0.2) is 0 Å². The van der Waals surface area contributed by atoms with Gasteiger partial charge in [-0.3, -0.25) is 9.69 Å². The summed E-state index contributed by atoms with van der Waals surface area (Å²) in [6.07, 6.45) is 2.19. The summed E-state index contributed by atoms with van der Waals surface area (Å²) in [5, 5.41) is 16.4. The second-order valence-electron chi connectivity index (χ2n) is 6.69. The molecule has 1 aliphatic carbocycles. The first-order valence-electron chi connectivity index (χ1n) is 8.35. The molecule has 1 aromatic heterocycles. The van der Waals surface area contributed by atoms with Crippen LogP contribution in [0.4, 0.5) is 16.3 Å². The molecule has 1 saturated carbocycles. The van der Waals surface area contributed by atoms with Crippen molar-refractivity contribution in [1.82, 2.24) is 10.3 Å². The number of rotatable bonds is 3. The van der Waals surface area contributed by atoms with Gasteiger partial charge >= 0.3 is 6.03 Å².